The molecule has 0 bridgehead atoms. The molecule has 1 aromatic rings. The number of thiophene rings is 1. The third-order valence-corrected chi connectivity index (χ3v) is 2.77. The second kappa shape index (κ2) is 3.85. The number of rotatable bonds is 3. The van der Waals surface area contributed by atoms with E-state index >= 15 is 0 Å². The zero-order valence-corrected chi connectivity index (χ0v) is 7.51. The first-order valence-electron chi connectivity index (χ1n) is 3.09. The Labute approximate surface area is 66.7 Å². The van der Waals surface area contributed by atoms with E-state index in [2.05, 4.69) is 20.7 Å². The lowest BCUT2D eigenvalue weighted by atomic mass is 10.3. The maximum atomic E-state index is 9.98. The largest absolute Gasteiger partial charge is 0.303 e. The second-order valence-corrected chi connectivity index (χ2v) is 3.71. The lowest BCUT2D eigenvalue weighted by molar-refractivity contribution is -0.107. The number of hydrogen-bond donors (Lipinski definition) is 0. The molecule has 0 saturated carbocycles. The molecule has 0 spiro atoms. The van der Waals surface area contributed by atoms with Crippen LogP contribution < -0.4 is 5.30 Å². The molecule has 54 valence electrons. The van der Waals surface area contributed by atoms with Crippen LogP contribution in [0.3, 0.4) is 0 Å². The molecule has 0 fully saturated rings. The van der Waals surface area contributed by atoms with Crippen LogP contribution in [0.5, 0.6) is 0 Å². The molecule has 0 aliphatic rings. The van der Waals surface area contributed by atoms with E-state index in [1.54, 1.807) is 11.3 Å². The first-order valence-corrected chi connectivity index (χ1v) is 4.55. The molecule has 0 amide bonds. The van der Waals surface area contributed by atoms with Crippen molar-refractivity contribution in [3.8, 4) is 0 Å². The van der Waals surface area contributed by atoms with Crippen LogP contribution in [0.25, 0.3) is 0 Å². The minimum atomic E-state index is 0.643. The van der Waals surface area contributed by atoms with E-state index in [-0.39, 0.29) is 0 Å². The van der Waals surface area contributed by atoms with Crippen LogP contribution in [0.15, 0.2) is 11.4 Å². The summed E-state index contributed by atoms with van der Waals surface area (Å²) in [5.74, 6) is 0. The maximum absolute atomic E-state index is 9.98. The summed E-state index contributed by atoms with van der Waals surface area (Å²) in [6, 6.07) is 2.10. The van der Waals surface area contributed by atoms with Gasteiger partial charge in [0.1, 0.15) is 6.29 Å². The molecule has 1 unspecified atom stereocenters. The van der Waals surface area contributed by atoms with Gasteiger partial charge in [0.2, 0.25) is 0 Å². The Morgan fingerprint density at radius 2 is 2.50 bits per heavy atom. The zero-order valence-electron chi connectivity index (χ0n) is 5.54. The summed E-state index contributed by atoms with van der Waals surface area (Å²) in [4.78, 5) is 11.3. The molecule has 0 aliphatic heterocycles. The van der Waals surface area contributed by atoms with Crippen LogP contribution in [0.1, 0.15) is 11.3 Å². The molecule has 0 radical (unpaired) electrons. The van der Waals surface area contributed by atoms with Crippen LogP contribution in [-0.4, -0.2) is 6.29 Å². The summed E-state index contributed by atoms with van der Waals surface area (Å²) in [7, 11) is 2.64. The van der Waals surface area contributed by atoms with E-state index < -0.39 is 0 Å². The average Bonchev–Trinajstić information content (AvgIpc) is 2.31. The van der Waals surface area contributed by atoms with E-state index in [4.69, 9.17) is 0 Å². The van der Waals surface area contributed by atoms with Crippen LogP contribution in [0, 0.1) is 0 Å². The number of aryl methyl sites for hydroxylation is 1. The highest BCUT2D eigenvalue weighted by atomic mass is 32.1. The van der Waals surface area contributed by atoms with Gasteiger partial charge in [-0.25, -0.2) is 0 Å². The van der Waals surface area contributed by atoms with Gasteiger partial charge in [0.05, 0.1) is 0 Å². The van der Waals surface area contributed by atoms with Gasteiger partial charge < -0.3 is 4.79 Å². The molecule has 0 N–H and O–H groups in total. The molecule has 0 aromatic carbocycles. The predicted molar refractivity (Wildman–Crippen MR) is 48.0 cm³/mol. The first-order chi connectivity index (χ1) is 4.83. The van der Waals surface area contributed by atoms with Crippen LogP contribution in [-0.2, 0) is 11.2 Å². The summed E-state index contributed by atoms with van der Waals surface area (Å²) in [6.45, 7) is 0. The highest BCUT2D eigenvalue weighted by molar-refractivity contribution is 7.29. The van der Waals surface area contributed by atoms with Gasteiger partial charge in [-0.15, -0.1) is 20.6 Å². The normalized spacial score (nSPS) is 9.70. The number of carbonyl (C=O) groups is 1. The van der Waals surface area contributed by atoms with Crippen molar-refractivity contribution in [1.82, 2.24) is 0 Å². The van der Waals surface area contributed by atoms with Gasteiger partial charge in [-0.3, -0.25) is 0 Å². The van der Waals surface area contributed by atoms with Gasteiger partial charge in [-0.1, -0.05) is 0 Å². The number of aldehydes is 1. The van der Waals surface area contributed by atoms with Gasteiger partial charge in [0.15, 0.2) is 0 Å². The summed E-state index contributed by atoms with van der Waals surface area (Å²) >= 11 is 1.71. The Balaban J connectivity index is 2.49. The Hall–Kier alpha value is -0.200. The van der Waals surface area contributed by atoms with Gasteiger partial charge in [-0.2, -0.15) is 0 Å². The van der Waals surface area contributed by atoms with Gasteiger partial charge in [0.25, 0.3) is 0 Å². The summed E-state index contributed by atoms with van der Waals surface area (Å²) < 4.78 is 0. The van der Waals surface area contributed by atoms with Crippen LogP contribution in [0.4, 0.5) is 0 Å². The molecule has 1 heterocycles. The van der Waals surface area contributed by atoms with E-state index in [1.807, 2.05) is 0 Å². The molecule has 1 rings (SSSR count). The molecule has 3 heteroatoms. The SMILES string of the molecule is O=CCCc1cc(P)cs1. The standard InChI is InChI=1S/C7H9OPS/c8-3-1-2-7-4-6(9)5-10-7/h3-5H,1-2,9H2. The molecular formula is C7H9OPS. The third kappa shape index (κ3) is 2.20. The van der Waals surface area contributed by atoms with Crippen molar-refractivity contribution in [2.24, 2.45) is 0 Å². The maximum Gasteiger partial charge on any atom is 0.120 e. The van der Waals surface area contributed by atoms with Gasteiger partial charge in [0, 0.05) is 11.3 Å². The highest BCUT2D eigenvalue weighted by Gasteiger charge is 1.94. The van der Waals surface area contributed by atoms with E-state index in [0.717, 1.165) is 12.7 Å². The molecule has 0 saturated heterocycles. The highest BCUT2D eigenvalue weighted by Crippen LogP contribution is 2.10. The predicted octanol–water partition coefficient (Wildman–Crippen LogP) is 1.38. The molecule has 10 heavy (non-hydrogen) atoms. The Bertz CT molecular complexity index is 219. The summed E-state index contributed by atoms with van der Waals surface area (Å²) in [5, 5.41) is 3.29. The van der Waals surface area contributed by atoms with E-state index in [0.29, 0.717) is 6.42 Å². The lowest BCUT2D eigenvalue weighted by Gasteiger charge is -1.86. The van der Waals surface area contributed by atoms with Crippen molar-refractivity contribution < 1.29 is 4.79 Å². The molecule has 1 atom stereocenters. The van der Waals surface area contributed by atoms with E-state index in [9.17, 15) is 4.79 Å². The summed E-state index contributed by atoms with van der Waals surface area (Å²) in [5.41, 5.74) is 0. The average molecular weight is 172 g/mol. The Kier molecular flexibility index (Phi) is 3.04. The fraction of sp³-hybridized carbons (Fsp3) is 0.286. The van der Waals surface area contributed by atoms with Crippen molar-refractivity contribution in [3.63, 3.8) is 0 Å². The van der Waals surface area contributed by atoms with Gasteiger partial charge in [-0.05, 0) is 23.2 Å². The molecule has 1 nitrogen and oxygen atoms in total. The minimum Gasteiger partial charge on any atom is -0.303 e. The van der Waals surface area contributed by atoms with Crippen LogP contribution in [0.2, 0.25) is 0 Å². The molecule has 0 aliphatic carbocycles. The van der Waals surface area contributed by atoms with Crippen LogP contribution >= 0.6 is 20.6 Å². The van der Waals surface area contributed by atoms with Crippen molar-refractivity contribution >= 4 is 32.2 Å². The monoisotopic (exact) mass is 172 g/mol. The number of carbonyl (C=O) groups excluding carboxylic acids is 1. The lowest BCUT2D eigenvalue weighted by Crippen LogP contribution is -1.83. The molecule has 1 aromatic heterocycles. The van der Waals surface area contributed by atoms with Crippen molar-refractivity contribution in [3.05, 3.63) is 16.3 Å². The fourth-order valence-corrected chi connectivity index (χ4v) is 2.05. The minimum absolute atomic E-state index is 0.643. The Morgan fingerprint density at radius 3 is 3.00 bits per heavy atom. The first kappa shape index (κ1) is 7.90. The third-order valence-electron chi connectivity index (χ3n) is 1.18. The second-order valence-electron chi connectivity index (χ2n) is 2.05. The van der Waals surface area contributed by atoms with Crippen molar-refractivity contribution in [1.29, 1.82) is 0 Å². The quantitative estimate of drug-likeness (QED) is 0.497. The van der Waals surface area contributed by atoms with Crippen molar-refractivity contribution in [2.75, 3.05) is 0 Å². The summed E-state index contributed by atoms with van der Waals surface area (Å²) in [6.07, 6.45) is 2.50. The smallest absolute Gasteiger partial charge is 0.120 e. The van der Waals surface area contributed by atoms with E-state index in [1.165, 1.54) is 10.2 Å². The molecular weight excluding hydrogens is 163 g/mol. The zero-order chi connectivity index (χ0) is 7.40. The topological polar surface area (TPSA) is 17.1 Å². The fourth-order valence-electron chi connectivity index (χ4n) is 0.730. The Morgan fingerprint density at radius 1 is 1.70 bits per heavy atom. The van der Waals surface area contributed by atoms with Gasteiger partial charge >= 0.3 is 0 Å². The number of hydrogen-bond acceptors (Lipinski definition) is 2. The van der Waals surface area contributed by atoms with Crippen molar-refractivity contribution in [2.45, 2.75) is 12.8 Å².